The van der Waals surface area contributed by atoms with E-state index in [1.165, 1.54) is 5.56 Å². The summed E-state index contributed by atoms with van der Waals surface area (Å²) in [5.41, 5.74) is 3.92. The normalized spacial score (nSPS) is 11.9. The van der Waals surface area contributed by atoms with Gasteiger partial charge in [0.15, 0.2) is 0 Å². The number of nitrogens with one attached hydrogen (secondary N) is 1. The third-order valence-corrected chi connectivity index (χ3v) is 4.34. The monoisotopic (exact) mass is 334 g/mol. The van der Waals surface area contributed by atoms with E-state index in [1.807, 2.05) is 62.4 Å². The van der Waals surface area contributed by atoms with E-state index in [4.69, 9.17) is 4.52 Å². The van der Waals surface area contributed by atoms with Gasteiger partial charge in [-0.15, -0.1) is 0 Å². The zero-order valence-electron chi connectivity index (χ0n) is 14.5. The molecule has 0 aliphatic heterocycles. The van der Waals surface area contributed by atoms with Gasteiger partial charge in [0.25, 0.3) is 0 Å². The first-order valence-electron chi connectivity index (χ1n) is 8.43. The van der Waals surface area contributed by atoms with Gasteiger partial charge >= 0.3 is 0 Å². The van der Waals surface area contributed by atoms with Gasteiger partial charge in [-0.25, -0.2) is 0 Å². The second-order valence-electron chi connectivity index (χ2n) is 6.20. The summed E-state index contributed by atoms with van der Waals surface area (Å²) in [6.45, 7) is 3.69. The van der Waals surface area contributed by atoms with Crippen molar-refractivity contribution in [1.82, 2.24) is 10.5 Å². The van der Waals surface area contributed by atoms with Crippen LogP contribution in [0.1, 0.15) is 34.2 Å². The van der Waals surface area contributed by atoms with Crippen molar-refractivity contribution in [2.45, 2.75) is 32.7 Å². The molecule has 1 N–H and O–H groups in total. The van der Waals surface area contributed by atoms with Crippen LogP contribution < -0.4 is 5.32 Å². The Morgan fingerprint density at radius 1 is 1.04 bits per heavy atom. The summed E-state index contributed by atoms with van der Waals surface area (Å²) in [4.78, 5) is 12.6. The Labute approximate surface area is 147 Å². The average molecular weight is 334 g/mol. The molecule has 3 rings (SSSR count). The van der Waals surface area contributed by atoms with Gasteiger partial charge in [0.1, 0.15) is 5.76 Å². The number of aryl methyl sites for hydroxylation is 2. The van der Waals surface area contributed by atoms with E-state index in [0.29, 0.717) is 5.76 Å². The highest BCUT2D eigenvalue weighted by atomic mass is 16.5. The first-order chi connectivity index (χ1) is 12.1. The van der Waals surface area contributed by atoms with E-state index >= 15 is 0 Å². The SMILES string of the molecule is Cc1noc(C)c1CC(=O)NC(Cc1ccccc1)c1ccccc1. The van der Waals surface area contributed by atoms with E-state index < -0.39 is 0 Å². The van der Waals surface area contributed by atoms with Gasteiger partial charge in [-0.2, -0.15) is 0 Å². The first-order valence-corrected chi connectivity index (χ1v) is 8.43. The van der Waals surface area contributed by atoms with E-state index in [9.17, 15) is 4.79 Å². The van der Waals surface area contributed by atoms with Crippen LogP contribution >= 0.6 is 0 Å². The van der Waals surface area contributed by atoms with Crippen molar-refractivity contribution >= 4 is 5.91 Å². The van der Waals surface area contributed by atoms with Crippen LogP contribution in [-0.2, 0) is 17.6 Å². The van der Waals surface area contributed by atoms with Gasteiger partial charge < -0.3 is 9.84 Å². The zero-order valence-corrected chi connectivity index (χ0v) is 14.5. The molecular weight excluding hydrogens is 312 g/mol. The number of nitrogens with zero attached hydrogens (tertiary/aromatic N) is 1. The minimum Gasteiger partial charge on any atom is -0.361 e. The highest BCUT2D eigenvalue weighted by Crippen LogP contribution is 2.19. The predicted octanol–water partition coefficient (Wildman–Crippen LogP) is 3.93. The molecule has 0 saturated carbocycles. The molecule has 1 unspecified atom stereocenters. The maximum absolute atomic E-state index is 12.6. The Morgan fingerprint density at radius 3 is 2.28 bits per heavy atom. The van der Waals surface area contributed by atoms with Crippen molar-refractivity contribution in [3.8, 4) is 0 Å². The van der Waals surface area contributed by atoms with Crippen molar-refractivity contribution in [3.05, 3.63) is 88.8 Å². The topological polar surface area (TPSA) is 55.1 Å². The van der Waals surface area contributed by atoms with Gasteiger partial charge in [0.05, 0.1) is 18.2 Å². The molecule has 128 valence electrons. The molecule has 0 fully saturated rings. The van der Waals surface area contributed by atoms with Crippen molar-refractivity contribution < 1.29 is 9.32 Å². The fraction of sp³-hybridized carbons (Fsp3) is 0.238. The zero-order chi connectivity index (χ0) is 17.6. The standard InChI is InChI=1S/C21H22N2O2/c1-15-19(16(2)25-23-15)14-21(24)22-20(18-11-7-4-8-12-18)13-17-9-5-3-6-10-17/h3-12,20H,13-14H2,1-2H3,(H,22,24). The fourth-order valence-corrected chi connectivity index (χ4v) is 2.95. The number of hydrogen-bond acceptors (Lipinski definition) is 3. The number of hydrogen-bond donors (Lipinski definition) is 1. The second kappa shape index (κ2) is 7.79. The van der Waals surface area contributed by atoms with Crippen LogP contribution in [0.15, 0.2) is 65.2 Å². The molecule has 0 saturated heterocycles. The maximum Gasteiger partial charge on any atom is 0.225 e. The van der Waals surface area contributed by atoms with Crippen molar-refractivity contribution in [2.75, 3.05) is 0 Å². The van der Waals surface area contributed by atoms with Gasteiger partial charge in [-0.05, 0) is 31.4 Å². The molecule has 1 atom stereocenters. The summed E-state index contributed by atoms with van der Waals surface area (Å²) in [5, 5.41) is 7.09. The van der Waals surface area contributed by atoms with E-state index in [0.717, 1.165) is 23.2 Å². The molecule has 0 radical (unpaired) electrons. The highest BCUT2D eigenvalue weighted by molar-refractivity contribution is 5.79. The molecule has 1 heterocycles. The fourth-order valence-electron chi connectivity index (χ4n) is 2.95. The summed E-state index contributed by atoms with van der Waals surface area (Å²) in [6.07, 6.45) is 1.03. The molecule has 2 aromatic carbocycles. The quantitative estimate of drug-likeness (QED) is 0.743. The van der Waals surface area contributed by atoms with Crippen molar-refractivity contribution in [1.29, 1.82) is 0 Å². The lowest BCUT2D eigenvalue weighted by atomic mass is 9.98. The van der Waals surface area contributed by atoms with E-state index in [2.05, 4.69) is 22.6 Å². The Balaban J connectivity index is 1.76. The maximum atomic E-state index is 12.6. The van der Waals surface area contributed by atoms with Crippen LogP contribution in [0.3, 0.4) is 0 Å². The van der Waals surface area contributed by atoms with Gasteiger partial charge in [0.2, 0.25) is 5.91 Å². The molecule has 0 aliphatic rings. The largest absolute Gasteiger partial charge is 0.361 e. The lowest BCUT2D eigenvalue weighted by molar-refractivity contribution is -0.121. The third kappa shape index (κ3) is 4.35. The van der Waals surface area contributed by atoms with Crippen LogP contribution in [0.4, 0.5) is 0 Å². The predicted molar refractivity (Wildman–Crippen MR) is 97.2 cm³/mol. The van der Waals surface area contributed by atoms with E-state index in [-0.39, 0.29) is 18.4 Å². The molecule has 0 bridgehead atoms. The Bertz CT molecular complexity index is 806. The number of carbonyl (C=O) groups excluding carboxylic acids is 1. The third-order valence-electron chi connectivity index (χ3n) is 4.34. The minimum atomic E-state index is -0.0726. The van der Waals surface area contributed by atoms with Gasteiger partial charge in [-0.3, -0.25) is 4.79 Å². The molecule has 0 aliphatic carbocycles. The van der Waals surface area contributed by atoms with Crippen LogP contribution in [0.2, 0.25) is 0 Å². The Kier molecular flexibility index (Phi) is 5.29. The van der Waals surface area contributed by atoms with Crippen LogP contribution in [-0.4, -0.2) is 11.1 Å². The second-order valence-corrected chi connectivity index (χ2v) is 6.20. The Morgan fingerprint density at radius 2 is 1.68 bits per heavy atom. The number of rotatable bonds is 6. The summed E-state index contributed by atoms with van der Waals surface area (Å²) in [7, 11) is 0. The number of aromatic nitrogens is 1. The highest BCUT2D eigenvalue weighted by Gasteiger charge is 2.18. The van der Waals surface area contributed by atoms with Crippen LogP contribution in [0.5, 0.6) is 0 Å². The molecular formula is C21H22N2O2. The minimum absolute atomic E-state index is 0.0285. The van der Waals surface area contributed by atoms with Gasteiger partial charge in [-0.1, -0.05) is 65.8 Å². The first kappa shape index (κ1) is 17.0. The Hall–Kier alpha value is -2.88. The molecule has 0 spiro atoms. The summed E-state index contributed by atoms with van der Waals surface area (Å²) < 4.78 is 5.15. The number of carbonyl (C=O) groups is 1. The van der Waals surface area contributed by atoms with Gasteiger partial charge in [0, 0.05) is 5.56 Å². The smallest absolute Gasteiger partial charge is 0.225 e. The molecule has 4 heteroatoms. The molecule has 3 aromatic rings. The summed E-state index contributed by atoms with van der Waals surface area (Å²) >= 11 is 0. The average Bonchev–Trinajstić information content (AvgIpc) is 2.95. The summed E-state index contributed by atoms with van der Waals surface area (Å²) in [6, 6.07) is 20.2. The molecule has 4 nitrogen and oxygen atoms in total. The van der Waals surface area contributed by atoms with E-state index in [1.54, 1.807) is 0 Å². The lowest BCUT2D eigenvalue weighted by Crippen LogP contribution is -2.31. The number of amides is 1. The van der Waals surface area contributed by atoms with Crippen molar-refractivity contribution in [2.24, 2.45) is 0 Å². The summed E-state index contributed by atoms with van der Waals surface area (Å²) in [5.74, 6) is 0.672. The van der Waals surface area contributed by atoms with Crippen LogP contribution in [0.25, 0.3) is 0 Å². The number of benzene rings is 2. The van der Waals surface area contributed by atoms with Crippen LogP contribution in [0, 0.1) is 13.8 Å². The molecule has 25 heavy (non-hydrogen) atoms. The molecule has 1 aromatic heterocycles. The molecule has 1 amide bonds. The van der Waals surface area contributed by atoms with Crippen molar-refractivity contribution in [3.63, 3.8) is 0 Å². The lowest BCUT2D eigenvalue weighted by Gasteiger charge is -2.19.